The summed E-state index contributed by atoms with van der Waals surface area (Å²) in [5.41, 5.74) is -6.13. The van der Waals surface area contributed by atoms with Crippen LogP contribution in [0, 0.1) is 0 Å². The van der Waals surface area contributed by atoms with Gasteiger partial charge in [0.05, 0.1) is 0 Å². The van der Waals surface area contributed by atoms with Crippen LogP contribution in [-0.4, -0.2) is 36.3 Å². The SMILES string of the molecule is F[C@H](Cl)C(F)(F)COCC(F)(F)[C@H](F)Cl. The van der Waals surface area contributed by atoms with E-state index in [0.29, 0.717) is 0 Å². The molecular formula is C6H6Cl2F6O. The van der Waals surface area contributed by atoms with Crippen molar-refractivity contribution in [1.29, 1.82) is 0 Å². The number of ether oxygens (including phenoxy) is 1. The molecule has 0 spiro atoms. The highest BCUT2D eigenvalue weighted by atomic mass is 35.5. The van der Waals surface area contributed by atoms with Crippen molar-refractivity contribution in [2.24, 2.45) is 0 Å². The molecule has 0 unspecified atom stereocenters. The molecule has 0 radical (unpaired) electrons. The van der Waals surface area contributed by atoms with E-state index in [1.807, 2.05) is 0 Å². The smallest absolute Gasteiger partial charge is 0.315 e. The minimum absolute atomic E-state index is 1.68. The molecular weight excluding hydrogens is 273 g/mol. The minimum atomic E-state index is -4.12. The van der Waals surface area contributed by atoms with Crippen LogP contribution in [0.4, 0.5) is 26.3 Å². The second kappa shape index (κ2) is 5.45. The zero-order valence-electron chi connectivity index (χ0n) is 7.00. The lowest BCUT2D eigenvalue weighted by molar-refractivity contribution is -0.151. The molecule has 2 atom stereocenters. The Morgan fingerprint density at radius 1 is 0.867 bits per heavy atom. The predicted molar refractivity (Wildman–Crippen MR) is 42.2 cm³/mol. The molecule has 0 aromatic rings. The summed E-state index contributed by atoms with van der Waals surface area (Å²) < 4.78 is 76.8. The van der Waals surface area contributed by atoms with E-state index >= 15 is 0 Å². The number of halogens is 8. The molecule has 0 aliphatic carbocycles. The molecule has 0 aromatic heterocycles. The fourth-order valence-electron chi connectivity index (χ4n) is 0.449. The van der Waals surface area contributed by atoms with Gasteiger partial charge in [0.2, 0.25) is 11.3 Å². The molecule has 0 amide bonds. The first-order valence-electron chi connectivity index (χ1n) is 3.49. The van der Waals surface area contributed by atoms with E-state index in [1.165, 1.54) is 0 Å². The highest BCUT2D eigenvalue weighted by Crippen LogP contribution is 2.28. The Bertz CT molecular complexity index is 178. The minimum Gasteiger partial charge on any atom is -0.369 e. The van der Waals surface area contributed by atoms with Crippen LogP contribution >= 0.6 is 23.2 Å². The first kappa shape index (κ1) is 15.1. The summed E-state index contributed by atoms with van der Waals surface area (Å²) in [4.78, 5) is 0. The van der Waals surface area contributed by atoms with Crippen LogP contribution in [0.5, 0.6) is 0 Å². The average molecular weight is 279 g/mol. The van der Waals surface area contributed by atoms with Gasteiger partial charge in [-0.1, -0.05) is 23.2 Å². The van der Waals surface area contributed by atoms with Crippen molar-refractivity contribution in [3.63, 3.8) is 0 Å². The zero-order chi connectivity index (χ0) is 12.3. The molecule has 0 aromatic carbocycles. The van der Waals surface area contributed by atoms with Crippen LogP contribution < -0.4 is 0 Å². The van der Waals surface area contributed by atoms with E-state index in [2.05, 4.69) is 27.9 Å². The van der Waals surface area contributed by atoms with Gasteiger partial charge in [0.25, 0.3) is 0 Å². The standard InChI is InChI=1S/C6H6Cl2F6O/c7-3(9)5(11,12)1-15-2-6(13,14)4(8)10/h3-4H,1-2H2/t3-,4-/m0/s1. The van der Waals surface area contributed by atoms with Gasteiger partial charge in [0.1, 0.15) is 13.2 Å². The average Bonchev–Trinajstić information content (AvgIpc) is 2.02. The van der Waals surface area contributed by atoms with Gasteiger partial charge >= 0.3 is 11.8 Å². The summed E-state index contributed by atoms with van der Waals surface area (Å²) in [6, 6.07) is 0. The maximum absolute atomic E-state index is 12.3. The van der Waals surface area contributed by atoms with E-state index in [9.17, 15) is 26.3 Å². The normalized spacial score (nSPS) is 17.6. The third-order valence-corrected chi connectivity index (χ3v) is 1.87. The van der Waals surface area contributed by atoms with Crippen molar-refractivity contribution in [2.75, 3.05) is 13.2 Å². The Morgan fingerprint density at radius 2 is 1.13 bits per heavy atom. The van der Waals surface area contributed by atoms with Crippen LogP contribution in [0.15, 0.2) is 0 Å². The highest BCUT2D eigenvalue weighted by Gasteiger charge is 2.43. The molecule has 0 heterocycles. The molecule has 0 N–H and O–H groups in total. The third-order valence-electron chi connectivity index (χ3n) is 1.23. The summed E-state index contributed by atoms with van der Waals surface area (Å²) in [5.74, 6) is -8.23. The molecule has 0 bridgehead atoms. The van der Waals surface area contributed by atoms with Gasteiger partial charge in [-0.2, -0.15) is 17.6 Å². The number of hydrogen-bond donors (Lipinski definition) is 0. The first-order valence-corrected chi connectivity index (χ1v) is 4.36. The van der Waals surface area contributed by atoms with E-state index in [1.54, 1.807) is 0 Å². The predicted octanol–water partition coefficient (Wildman–Crippen LogP) is 3.34. The van der Waals surface area contributed by atoms with Crippen LogP contribution in [0.25, 0.3) is 0 Å². The maximum atomic E-state index is 12.3. The number of rotatable bonds is 6. The lowest BCUT2D eigenvalue weighted by atomic mass is 10.4. The molecule has 92 valence electrons. The number of alkyl halides is 8. The summed E-state index contributed by atoms with van der Waals surface area (Å²) in [6.07, 6.45) is 0. The summed E-state index contributed by atoms with van der Waals surface area (Å²) >= 11 is 8.80. The van der Waals surface area contributed by atoms with Crippen molar-refractivity contribution in [3.05, 3.63) is 0 Å². The largest absolute Gasteiger partial charge is 0.369 e. The molecule has 0 aliphatic rings. The van der Waals surface area contributed by atoms with Crippen molar-refractivity contribution >= 4 is 23.2 Å². The van der Waals surface area contributed by atoms with Gasteiger partial charge in [-0.05, 0) is 0 Å². The Balaban J connectivity index is 4.00. The van der Waals surface area contributed by atoms with Crippen molar-refractivity contribution in [1.82, 2.24) is 0 Å². The maximum Gasteiger partial charge on any atom is 0.315 e. The van der Waals surface area contributed by atoms with Crippen molar-refractivity contribution < 1.29 is 31.1 Å². The van der Waals surface area contributed by atoms with Crippen LogP contribution in [-0.2, 0) is 4.74 Å². The molecule has 0 rings (SSSR count). The fourth-order valence-corrected chi connectivity index (χ4v) is 0.575. The van der Waals surface area contributed by atoms with E-state index in [4.69, 9.17) is 0 Å². The number of hydrogen-bond acceptors (Lipinski definition) is 1. The van der Waals surface area contributed by atoms with Gasteiger partial charge in [-0.15, -0.1) is 0 Å². The summed E-state index contributed by atoms with van der Waals surface area (Å²) in [5, 5.41) is 0. The second-order valence-electron chi connectivity index (χ2n) is 2.62. The Hall–Kier alpha value is 0.120. The van der Waals surface area contributed by atoms with E-state index in [-0.39, 0.29) is 0 Å². The second-order valence-corrected chi connectivity index (χ2v) is 3.38. The van der Waals surface area contributed by atoms with Gasteiger partial charge in [-0.3, -0.25) is 0 Å². The van der Waals surface area contributed by atoms with Gasteiger partial charge in [0.15, 0.2) is 0 Å². The summed E-state index contributed by atoms with van der Waals surface area (Å²) in [7, 11) is 0. The molecule has 15 heavy (non-hydrogen) atoms. The summed E-state index contributed by atoms with van der Waals surface area (Å²) in [6.45, 7) is -3.37. The lowest BCUT2D eigenvalue weighted by Gasteiger charge is -2.19. The van der Waals surface area contributed by atoms with Gasteiger partial charge in [-0.25, -0.2) is 8.78 Å². The first-order chi connectivity index (χ1) is 6.59. The van der Waals surface area contributed by atoms with Crippen molar-refractivity contribution in [2.45, 2.75) is 23.1 Å². The Labute approximate surface area is 91.3 Å². The third kappa shape index (κ3) is 5.12. The van der Waals surface area contributed by atoms with Crippen LogP contribution in [0.1, 0.15) is 0 Å². The van der Waals surface area contributed by atoms with Gasteiger partial charge < -0.3 is 4.74 Å². The van der Waals surface area contributed by atoms with E-state index < -0.39 is 36.3 Å². The topological polar surface area (TPSA) is 9.23 Å². The lowest BCUT2D eigenvalue weighted by Crippen LogP contribution is -2.37. The Morgan fingerprint density at radius 3 is 1.33 bits per heavy atom. The Kier molecular flexibility index (Phi) is 5.49. The molecule has 0 saturated heterocycles. The van der Waals surface area contributed by atoms with Gasteiger partial charge in [0, 0.05) is 0 Å². The monoisotopic (exact) mass is 278 g/mol. The molecule has 9 heteroatoms. The highest BCUT2D eigenvalue weighted by molar-refractivity contribution is 6.20. The molecule has 0 aliphatic heterocycles. The van der Waals surface area contributed by atoms with Crippen molar-refractivity contribution in [3.8, 4) is 0 Å². The zero-order valence-corrected chi connectivity index (χ0v) is 8.51. The quantitative estimate of drug-likeness (QED) is 0.535. The van der Waals surface area contributed by atoms with Crippen LogP contribution in [0.2, 0.25) is 0 Å². The molecule has 0 fully saturated rings. The van der Waals surface area contributed by atoms with E-state index in [0.717, 1.165) is 0 Å². The molecule has 0 saturated carbocycles. The molecule has 1 nitrogen and oxygen atoms in total. The van der Waals surface area contributed by atoms with Crippen LogP contribution in [0.3, 0.4) is 0 Å². The fraction of sp³-hybridized carbons (Fsp3) is 1.00.